The van der Waals surface area contributed by atoms with E-state index in [4.69, 9.17) is 4.74 Å². The van der Waals surface area contributed by atoms with Crippen LogP contribution in [0.5, 0.6) is 0 Å². The second-order valence-corrected chi connectivity index (χ2v) is 5.47. The van der Waals surface area contributed by atoms with Gasteiger partial charge in [-0.2, -0.15) is 0 Å². The summed E-state index contributed by atoms with van der Waals surface area (Å²) in [6.45, 7) is 6.16. The summed E-state index contributed by atoms with van der Waals surface area (Å²) in [6.07, 6.45) is 0.831. The molecule has 0 unspecified atom stereocenters. The van der Waals surface area contributed by atoms with Gasteiger partial charge in [0.15, 0.2) is 0 Å². The molecule has 1 aromatic rings. The van der Waals surface area contributed by atoms with Gasteiger partial charge in [-0.25, -0.2) is 4.79 Å². The molecule has 1 rings (SSSR count). The van der Waals surface area contributed by atoms with E-state index in [-0.39, 0.29) is 11.9 Å². The molecule has 0 radical (unpaired) electrons. The molecule has 0 fully saturated rings. The summed E-state index contributed by atoms with van der Waals surface area (Å²) in [4.78, 5) is 23.9. The third-order valence-corrected chi connectivity index (χ3v) is 3.25. The van der Waals surface area contributed by atoms with Crippen molar-refractivity contribution in [1.82, 2.24) is 5.32 Å². The van der Waals surface area contributed by atoms with E-state index in [0.29, 0.717) is 17.4 Å². The number of hydrogen-bond acceptors (Lipinski definition) is 4. The molecule has 18 heavy (non-hydrogen) atoms. The summed E-state index contributed by atoms with van der Waals surface area (Å²) in [5.41, 5.74) is 0. The van der Waals surface area contributed by atoms with Crippen LogP contribution in [0.25, 0.3) is 0 Å². The second-order valence-electron chi connectivity index (χ2n) is 4.52. The van der Waals surface area contributed by atoms with Crippen molar-refractivity contribution in [1.29, 1.82) is 0 Å². The van der Waals surface area contributed by atoms with E-state index in [0.717, 1.165) is 6.42 Å². The van der Waals surface area contributed by atoms with Crippen molar-refractivity contribution in [3.8, 4) is 0 Å². The van der Waals surface area contributed by atoms with Crippen LogP contribution in [0, 0.1) is 5.92 Å². The Hall–Kier alpha value is -1.36. The lowest BCUT2D eigenvalue weighted by atomic mass is 10.1. The lowest BCUT2D eigenvalue weighted by Gasteiger charge is -2.13. The maximum absolute atomic E-state index is 11.7. The molecule has 1 atom stereocenters. The Morgan fingerprint density at radius 1 is 1.39 bits per heavy atom. The van der Waals surface area contributed by atoms with E-state index in [1.54, 1.807) is 19.1 Å². The number of carbonyl (C=O) groups excluding carboxylic acids is 2. The number of thiophene rings is 1. The number of amides is 1. The van der Waals surface area contributed by atoms with Gasteiger partial charge in [0.25, 0.3) is 5.91 Å². The highest BCUT2D eigenvalue weighted by Gasteiger charge is 2.18. The Balaban J connectivity index is 2.33. The molecule has 0 aromatic carbocycles. The molecule has 1 N–H and O–H groups in total. The van der Waals surface area contributed by atoms with Gasteiger partial charge in [0.2, 0.25) is 0 Å². The molecule has 0 aliphatic carbocycles. The monoisotopic (exact) mass is 269 g/mol. The van der Waals surface area contributed by atoms with Gasteiger partial charge in [0.1, 0.15) is 6.04 Å². The van der Waals surface area contributed by atoms with Crippen molar-refractivity contribution in [2.45, 2.75) is 33.2 Å². The van der Waals surface area contributed by atoms with Crippen molar-refractivity contribution < 1.29 is 14.3 Å². The number of ether oxygens (including phenoxy) is 1. The molecule has 0 spiro atoms. The number of nitrogens with one attached hydrogen (secondary N) is 1. The number of hydrogen-bond donors (Lipinski definition) is 1. The zero-order valence-corrected chi connectivity index (χ0v) is 11.8. The summed E-state index contributed by atoms with van der Waals surface area (Å²) >= 11 is 1.34. The SMILES string of the molecule is CC(C)CCOC(=O)[C@H](C)NC(=O)c1cccs1. The van der Waals surface area contributed by atoms with Crippen molar-refractivity contribution in [2.24, 2.45) is 5.92 Å². The van der Waals surface area contributed by atoms with Crippen LogP contribution >= 0.6 is 11.3 Å². The smallest absolute Gasteiger partial charge is 0.328 e. The van der Waals surface area contributed by atoms with Crippen molar-refractivity contribution in [3.63, 3.8) is 0 Å². The van der Waals surface area contributed by atoms with E-state index in [1.165, 1.54) is 11.3 Å². The van der Waals surface area contributed by atoms with Gasteiger partial charge in [-0.1, -0.05) is 19.9 Å². The Morgan fingerprint density at radius 2 is 2.11 bits per heavy atom. The standard InChI is InChI=1S/C13H19NO3S/c1-9(2)6-7-17-13(16)10(3)14-12(15)11-5-4-8-18-11/h4-5,8-10H,6-7H2,1-3H3,(H,14,15)/t10-/m0/s1. The average molecular weight is 269 g/mol. The lowest BCUT2D eigenvalue weighted by molar-refractivity contribution is -0.145. The predicted octanol–water partition coefficient (Wildman–Crippen LogP) is 2.46. The predicted molar refractivity (Wildman–Crippen MR) is 71.7 cm³/mol. The molecule has 1 heterocycles. The molecule has 1 amide bonds. The zero-order chi connectivity index (χ0) is 13.5. The van der Waals surface area contributed by atoms with Gasteiger partial charge < -0.3 is 10.1 Å². The fraction of sp³-hybridized carbons (Fsp3) is 0.538. The second kappa shape index (κ2) is 7.16. The van der Waals surface area contributed by atoms with Crippen LogP contribution in [-0.4, -0.2) is 24.5 Å². The summed E-state index contributed by atoms with van der Waals surface area (Å²) in [7, 11) is 0. The molecule has 0 bridgehead atoms. The first-order valence-corrected chi connectivity index (χ1v) is 6.89. The summed E-state index contributed by atoms with van der Waals surface area (Å²) < 4.78 is 5.08. The van der Waals surface area contributed by atoms with Crippen LogP contribution in [0.15, 0.2) is 17.5 Å². The molecule has 0 saturated carbocycles. The van der Waals surface area contributed by atoms with E-state index in [2.05, 4.69) is 19.2 Å². The molecular formula is C13H19NO3S. The topological polar surface area (TPSA) is 55.4 Å². The van der Waals surface area contributed by atoms with Crippen molar-refractivity contribution in [3.05, 3.63) is 22.4 Å². The van der Waals surface area contributed by atoms with Crippen molar-refractivity contribution >= 4 is 23.2 Å². The molecule has 4 nitrogen and oxygen atoms in total. The van der Waals surface area contributed by atoms with Crippen molar-refractivity contribution in [2.75, 3.05) is 6.61 Å². The van der Waals surface area contributed by atoms with Crippen LogP contribution < -0.4 is 5.32 Å². The van der Waals surface area contributed by atoms with E-state index < -0.39 is 6.04 Å². The minimum Gasteiger partial charge on any atom is -0.464 e. The largest absolute Gasteiger partial charge is 0.464 e. The Bertz CT molecular complexity index is 387. The quantitative estimate of drug-likeness (QED) is 0.807. The molecule has 5 heteroatoms. The highest BCUT2D eigenvalue weighted by atomic mass is 32.1. The van der Waals surface area contributed by atoms with E-state index >= 15 is 0 Å². The van der Waals surface area contributed by atoms with Gasteiger partial charge in [-0.3, -0.25) is 4.79 Å². The maximum Gasteiger partial charge on any atom is 0.328 e. The van der Waals surface area contributed by atoms with Crippen LogP contribution in [-0.2, 0) is 9.53 Å². The third-order valence-electron chi connectivity index (χ3n) is 2.39. The average Bonchev–Trinajstić information content (AvgIpc) is 2.81. The maximum atomic E-state index is 11.7. The highest BCUT2D eigenvalue weighted by Crippen LogP contribution is 2.08. The Morgan fingerprint density at radius 3 is 2.67 bits per heavy atom. The van der Waals surface area contributed by atoms with Crippen LogP contribution in [0.4, 0.5) is 0 Å². The zero-order valence-electron chi connectivity index (χ0n) is 10.9. The van der Waals surface area contributed by atoms with Crippen LogP contribution in [0.1, 0.15) is 36.9 Å². The minimum absolute atomic E-state index is 0.238. The Labute approximate surface area is 111 Å². The fourth-order valence-corrected chi connectivity index (χ4v) is 1.88. The first-order chi connectivity index (χ1) is 8.50. The molecular weight excluding hydrogens is 250 g/mol. The molecule has 0 aliphatic heterocycles. The molecule has 0 aliphatic rings. The lowest BCUT2D eigenvalue weighted by Crippen LogP contribution is -2.39. The minimum atomic E-state index is -0.619. The number of rotatable bonds is 6. The van der Waals surface area contributed by atoms with Gasteiger partial charge in [0.05, 0.1) is 11.5 Å². The first kappa shape index (κ1) is 14.7. The Kier molecular flexibility index (Phi) is 5.85. The third kappa shape index (κ3) is 4.87. The van der Waals surface area contributed by atoms with Gasteiger partial charge in [0, 0.05) is 0 Å². The van der Waals surface area contributed by atoms with E-state index in [1.807, 2.05) is 5.38 Å². The van der Waals surface area contributed by atoms with E-state index in [9.17, 15) is 9.59 Å². The van der Waals surface area contributed by atoms with Crippen LogP contribution in [0.3, 0.4) is 0 Å². The summed E-state index contributed by atoms with van der Waals surface area (Å²) in [5, 5.41) is 4.44. The fourth-order valence-electron chi connectivity index (χ4n) is 1.25. The highest BCUT2D eigenvalue weighted by molar-refractivity contribution is 7.12. The molecule has 1 aromatic heterocycles. The van der Waals surface area contributed by atoms with Gasteiger partial charge in [-0.15, -0.1) is 11.3 Å². The van der Waals surface area contributed by atoms with Gasteiger partial charge in [-0.05, 0) is 30.7 Å². The normalized spacial score (nSPS) is 12.2. The summed E-state index contributed by atoms with van der Waals surface area (Å²) in [5.74, 6) is -0.132. The molecule has 0 saturated heterocycles. The number of carbonyl (C=O) groups is 2. The first-order valence-electron chi connectivity index (χ1n) is 6.01. The molecule has 100 valence electrons. The van der Waals surface area contributed by atoms with Crippen LogP contribution in [0.2, 0.25) is 0 Å². The number of esters is 1. The van der Waals surface area contributed by atoms with Gasteiger partial charge >= 0.3 is 5.97 Å². The summed E-state index contributed by atoms with van der Waals surface area (Å²) in [6, 6.07) is 2.90.